The van der Waals surface area contributed by atoms with Crippen LogP contribution in [-0.4, -0.2) is 30.4 Å². The van der Waals surface area contributed by atoms with Gasteiger partial charge in [0.15, 0.2) is 5.17 Å². The van der Waals surface area contributed by atoms with Gasteiger partial charge < -0.3 is 9.47 Å². The van der Waals surface area contributed by atoms with Crippen LogP contribution in [0.2, 0.25) is 10.0 Å². The van der Waals surface area contributed by atoms with Crippen molar-refractivity contribution in [2.45, 2.75) is 6.61 Å². The second-order valence-electron chi connectivity index (χ2n) is 5.91. The average Bonchev–Trinajstić information content (AvgIpc) is 3.07. The average molecular weight is 482 g/mol. The lowest BCUT2D eigenvalue weighted by Crippen LogP contribution is -2.19. The quantitative estimate of drug-likeness (QED) is 0.287. The number of ether oxygens (including phenoxy) is 2. The van der Waals surface area contributed by atoms with E-state index in [0.717, 1.165) is 17.8 Å². The molecular formula is C20H14Cl2FN3O4S. The molecule has 0 saturated carbocycles. The molecule has 0 radical (unpaired) electrons. The van der Waals surface area contributed by atoms with Crippen LogP contribution >= 0.6 is 35.0 Å². The van der Waals surface area contributed by atoms with E-state index in [1.54, 1.807) is 24.3 Å². The molecule has 2 aromatic carbocycles. The highest BCUT2D eigenvalue weighted by atomic mass is 35.5. The van der Waals surface area contributed by atoms with Gasteiger partial charge in [0.1, 0.15) is 18.2 Å². The van der Waals surface area contributed by atoms with Gasteiger partial charge >= 0.3 is 5.97 Å². The third-order valence-corrected chi connectivity index (χ3v) is 5.34. The monoisotopic (exact) mass is 481 g/mol. The number of amides is 1. The lowest BCUT2D eigenvalue weighted by atomic mass is 10.2. The molecule has 0 unspecified atom stereocenters. The van der Waals surface area contributed by atoms with E-state index < -0.39 is 17.7 Å². The molecule has 0 aromatic heterocycles. The summed E-state index contributed by atoms with van der Waals surface area (Å²) in [5, 5.41) is 11.2. The minimum Gasteiger partial charge on any atom is -0.488 e. The van der Waals surface area contributed by atoms with E-state index in [1.807, 2.05) is 0 Å². The maximum atomic E-state index is 14.0. The van der Waals surface area contributed by atoms with Gasteiger partial charge in [0.25, 0.3) is 5.91 Å². The number of rotatable bonds is 6. The van der Waals surface area contributed by atoms with Gasteiger partial charge in [0.05, 0.1) is 23.3 Å². The Bertz CT molecular complexity index is 1100. The van der Waals surface area contributed by atoms with Crippen molar-refractivity contribution in [3.05, 3.63) is 74.4 Å². The molecule has 1 fully saturated rings. The topological polar surface area (TPSA) is 89.3 Å². The Hall–Kier alpha value is -2.88. The van der Waals surface area contributed by atoms with Gasteiger partial charge in [0.2, 0.25) is 0 Å². The Morgan fingerprint density at radius 3 is 2.84 bits per heavy atom. The van der Waals surface area contributed by atoms with Crippen LogP contribution in [0.4, 0.5) is 4.39 Å². The van der Waals surface area contributed by atoms with Gasteiger partial charge in [-0.15, -0.1) is 5.10 Å². The molecule has 1 heterocycles. The summed E-state index contributed by atoms with van der Waals surface area (Å²) in [5.74, 6) is -1.24. The summed E-state index contributed by atoms with van der Waals surface area (Å²) < 4.78 is 24.1. The summed E-state index contributed by atoms with van der Waals surface area (Å²) >= 11 is 13.0. The summed E-state index contributed by atoms with van der Waals surface area (Å²) in [7, 11) is 1.21. The minimum absolute atomic E-state index is 0.101. The maximum absolute atomic E-state index is 14.0. The van der Waals surface area contributed by atoms with Crippen LogP contribution in [0.15, 0.2) is 57.6 Å². The molecule has 0 bridgehead atoms. The van der Waals surface area contributed by atoms with E-state index in [9.17, 15) is 14.0 Å². The first-order chi connectivity index (χ1) is 14.9. The fourth-order valence-electron chi connectivity index (χ4n) is 2.36. The van der Waals surface area contributed by atoms with Crippen molar-refractivity contribution in [1.29, 1.82) is 0 Å². The van der Waals surface area contributed by atoms with E-state index in [2.05, 4.69) is 20.3 Å². The molecule has 0 atom stereocenters. The van der Waals surface area contributed by atoms with E-state index >= 15 is 0 Å². The van der Waals surface area contributed by atoms with E-state index in [4.69, 9.17) is 27.9 Å². The summed E-state index contributed by atoms with van der Waals surface area (Å²) in [6, 6.07) is 9.18. The largest absolute Gasteiger partial charge is 0.488 e. The SMILES string of the molecule is COC(=O)/C=C1/S/C(=N\N=Cc2cc(Cl)ccc2OCc2c(F)cccc2Cl)NC1=O. The number of hydrogen-bond donors (Lipinski definition) is 1. The summed E-state index contributed by atoms with van der Waals surface area (Å²) in [4.78, 5) is 23.2. The molecule has 1 aliphatic rings. The van der Waals surface area contributed by atoms with Gasteiger partial charge in [-0.05, 0) is 42.1 Å². The van der Waals surface area contributed by atoms with Crippen molar-refractivity contribution in [2.24, 2.45) is 10.2 Å². The molecule has 11 heteroatoms. The zero-order chi connectivity index (χ0) is 22.4. The van der Waals surface area contributed by atoms with Gasteiger partial charge in [-0.2, -0.15) is 5.10 Å². The van der Waals surface area contributed by atoms with E-state index in [0.29, 0.717) is 16.3 Å². The Kier molecular flexibility index (Phi) is 7.67. The Balaban J connectivity index is 1.75. The maximum Gasteiger partial charge on any atom is 0.331 e. The van der Waals surface area contributed by atoms with Crippen molar-refractivity contribution in [3.8, 4) is 5.75 Å². The molecule has 3 rings (SSSR count). The molecule has 160 valence electrons. The number of amidine groups is 1. The number of methoxy groups -OCH3 is 1. The first kappa shape index (κ1) is 22.8. The second kappa shape index (κ2) is 10.4. The van der Waals surface area contributed by atoms with Crippen LogP contribution < -0.4 is 10.1 Å². The lowest BCUT2D eigenvalue weighted by molar-refractivity contribution is -0.135. The molecule has 1 saturated heterocycles. The number of carbonyl (C=O) groups excluding carboxylic acids is 2. The molecule has 31 heavy (non-hydrogen) atoms. The predicted molar refractivity (Wildman–Crippen MR) is 118 cm³/mol. The third-order valence-electron chi connectivity index (χ3n) is 3.85. The van der Waals surface area contributed by atoms with Crippen LogP contribution in [0.25, 0.3) is 0 Å². The van der Waals surface area contributed by atoms with Crippen LogP contribution in [0.5, 0.6) is 5.75 Å². The van der Waals surface area contributed by atoms with Crippen molar-refractivity contribution in [1.82, 2.24) is 5.32 Å². The number of benzene rings is 2. The number of halogens is 3. The molecule has 1 N–H and O–H groups in total. The van der Waals surface area contributed by atoms with Crippen molar-refractivity contribution < 1.29 is 23.5 Å². The summed E-state index contributed by atoms with van der Waals surface area (Å²) in [6.07, 6.45) is 2.43. The van der Waals surface area contributed by atoms with Gasteiger partial charge in [-0.25, -0.2) is 9.18 Å². The molecule has 1 aliphatic heterocycles. The fourth-order valence-corrected chi connectivity index (χ4v) is 3.49. The zero-order valence-electron chi connectivity index (χ0n) is 15.9. The molecule has 7 nitrogen and oxygen atoms in total. The van der Waals surface area contributed by atoms with Crippen molar-refractivity contribution >= 4 is 58.2 Å². The van der Waals surface area contributed by atoms with Crippen LogP contribution in [0.1, 0.15) is 11.1 Å². The fraction of sp³-hybridized carbons (Fsp3) is 0.100. The molecule has 0 aliphatic carbocycles. The number of nitrogens with one attached hydrogen (secondary N) is 1. The van der Waals surface area contributed by atoms with Crippen molar-refractivity contribution in [3.63, 3.8) is 0 Å². The molecule has 2 aromatic rings. The summed E-state index contributed by atoms with van der Waals surface area (Å²) in [5.41, 5.74) is 0.696. The first-order valence-corrected chi connectivity index (χ1v) is 10.2. The highest BCUT2D eigenvalue weighted by Crippen LogP contribution is 2.26. The third kappa shape index (κ3) is 6.06. The number of hydrogen-bond acceptors (Lipinski definition) is 7. The first-order valence-electron chi connectivity index (χ1n) is 8.62. The number of carbonyl (C=O) groups is 2. The summed E-state index contributed by atoms with van der Waals surface area (Å²) in [6.45, 7) is -0.101. The van der Waals surface area contributed by atoms with Crippen LogP contribution in [0.3, 0.4) is 0 Å². The van der Waals surface area contributed by atoms with E-state index in [-0.39, 0.29) is 27.3 Å². The standard InChI is InChI=1S/C20H14Cl2FN3O4S/c1-29-18(27)8-17-19(28)25-20(31-17)26-24-9-11-7-12(21)5-6-16(11)30-10-13-14(22)3-2-4-15(13)23/h2-9H,10H2,1H3,(H,25,26,28)/b17-8+,24-9?. The number of esters is 1. The van der Waals surface area contributed by atoms with Gasteiger partial charge in [-0.1, -0.05) is 29.3 Å². The number of thioether (sulfide) groups is 1. The Labute approximate surface area is 190 Å². The molecule has 1 amide bonds. The van der Waals surface area contributed by atoms with Gasteiger partial charge in [-0.3, -0.25) is 10.1 Å². The second-order valence-corrected chi connectivity index (χ2v) is 7.78. The van der Waals surface area contributed by atoms with Crippen LogP contribution in [0, 0.1) is 5.82 Å². The van der Waals surface area contributed by atoms with Crippen LogP contribution in [-0.2, 0) is 20.9 Å². The van der Waals surface area contributed by atoms with E-state index in [1.165, 1.54) is 25.5 Å². The minimum atomic E-state index is -0.655. The molecular weight excluding hydrogens is 468 g/mol. The Morgan fingerprint density at radius 1 is 1.29 bits per heavy atom. The Morgan fingerprint density at radius 2 is 2.10 bits per heavy atom. The van der Waals surface area contributed by atoms with Gasteiger partial charge in [0, 0.05) is 22.2 Å². The molecule has 0 spiro atoms. The normalized spacial score (nSPS) is 16.2. The van der Waals surface area contributed by atoms with Crippen molar-refractivity contribution in [2.75, 3.05) is 7.11 Å². The smallest absolute Gasteiger partial charge is 0.331 e. The highest BCUT2D eigenvalue weighted by molar-refractivity contribution is 8.18. The number of nitrogens with zero attached hydrogens (tertiary/aromatic N) is 2. The lowest BCUT2D eigenvalue weighted by Gasteiger charge is -2.11. The highest BCUT2D eigenvalue weighted by Gasteiger charge is 2.25. The zero-order valence-corrected chi connectivity index (χ0v) is 18.2. The predicted octanol–water partition coefficient (Wildman–Crippen LogP) is 4.32.